The zero-order valence-electron chi connectivity index (χ0n) is 4.63. The van der Waals surface area contributed by atoms with E-state index in [1.807, 2.05) is 0 Å². The maximum Gasteiger partial charge on any atom is -0.157 e. The second-order valence-electron chi connectivity index (χ2n) is 1.05. The predicted octanol–water partition coefficient (Wildman–Crippen LogP) is -2.60. The van der Waals surface area contributed by atoms with E-state index >= 15 is 0 Å². The average molecular weight is 153 g/mol. The van der Waals surface area contributed by atoms with Crippen LogP contribution in [0.5, 0.6) is 0 Å². The van der Waals surface area contributed by atoms with E-state index < -0.39 is 16.0 Å². The number of rotatable bonds is 4. The lowest BCUT2D eigenvalue weighted by atomic mass is 12.2. The molecule has 62 valence electrons. The minimum atomic E-state index is -0.663. The van der Waals surface area contributed by atoms with Crippen LogP contribution < -0.4 is 17.2 Å². The molecule has 0 saturated heterocycles. The van der Waals surface area contributed by atoms with Gasteiger partial charge >= 0.3 is 0 Å². The minimum Gasteiger partial charge on any atom is -0.757 e. The Hall–Kier alpha value is -0.400. The average Bonchev–Trinajstić information content (AvgIpc) is 1.58. The third kappa shape index (κ3) is 5.73. The van der Waals surface area contributed by atoms with Gasteiger partial charge in [0.05, 0.1) is 0 Å². The van der Waals surface area contributed by atoms with Crippen molar-refractivity contribution >= 4 is 0 Å². The zero-order chi connectivity index (χ0) is 8.15. The number of hydrogen-bond donors (Lipinski definition) is 3. The second kappa shape index (κ2) is 4.42. The van der Waals surface area contributed by atoms with Gasteiger partial charge in [0.1, 0.15) is 0 Å². The second-order valence-corrected chi connectivity index (χ2v) is 1.05. The van der Waals surface area contributed by atoms with E-state index in [9.17, 15) is 15.6 Å². The first-order valence-corrected chi connectivity index (χ1v) is 1.88. The molecule has 0 radical (unpaired) electrons. The van der Waals surface area contributed by atoms with Gasteiger partial charge in [0.25, 0.3) is 0 Å². The fourth-order valence-corrected chi connectivity index (χ4v) is 0.172. The summed E-state index contributed by atoms with van der Waals surface area (Å²) >= 11 is 0. The van der Waals surface area contributed by atoms with Gasteiger partial charge in [0, 0.05) is 0 Å². The Labute approximate surface area is 55.0 Å². The van der Waals surface area contributed by atoms with E-state index in [0.717, 1.165) is 0 Å². The van der Waals surface area contributed by atoms with Crippen molar-refractivity contribution in [3.63, 3.8) is 0 Å². The summed E-state index contributed by atoms with van der Waals surface area (Å²) in [5.41, 5.74) is 1.26. The fourth-order valence-electron chi connectivity index (χ4n) is 0.172. The largest absolute Gasteiger partial charge is 0.757 e. The van der Waals surface area contributed by atoms with Crippen molar-refractivity contribution in [3.05, 3.63) is 15.6 Å². The Morgan fingerprint density at radius 3 is 2.00 bits per heavy atom. The topological polar surface area (TPSA) is 152 Å². The zero-order valence-corrected chi connectivity index (χ0v) is 4.63. The van der Waals surface area contributed by atoms with Gasteiger partial charge in [-0.05, 0) is 0 Å². The molecular weight excluding hydrogens is 148 g/mol. The molecule has 10 heteroatoms. The summed E-state index contributed by atoms with van der Waals surface area (Å²) in [4.78, 5) is 3.46. The lowest BCUT2D eigenvalue weighted by molar-refractivity contribution is -0.322. The molecule has 0 spiro atoms. The van der Waals surface area contributed by atoms with Crippen LogP contribution in [-0.4, -0.2) is 16.0 Å². The van der Waals surface area contributed by atoms with E-state index in [-0.39, 0.29) is 0 Å². The van der Waals surface area contributed by atoms with E-state index in [0.29, 0.717) is 0 Å². The number of hydrazine groups is 4. The van der Waals surface area contributed by atoms with Crippen LogP contribution in [0.4, 0.5) is 0 Å². The first-order valence-electron chi connectivity index (χ1n) is 1.88. The molecule has 0 amide bonds. The van der Waals surface area contributed by atoms with Crippen LogP contribution in [0.25, 0.3) is 0 Å². The van der Waals surface area contributed by atoms with Crippen LogP contribution in [-0.2, 0) is 4.94 Å². The molecule has 0 aromatic rings. The SMILES string of the molecule is NN([O-])NN([O-])ON(N)[O-]. The van der Waals surface area contributed by atoms with Crippen molar-refractivity contribution in [2.24, 2.45) is 11.7 Å². The van der Waals surface area contributed by atoms with E-state index in [2.05, 4.69) is 16.6 Å². The molecule has 0 aliphatic rings. The maximum absolute atomic E-state index is 10.0. The molecule has 0 aliphatic heterocycles. The first-order chi connectivity index (χ1) is 4.52. The standard InChI is InChI=1S/H5N6O4/c1-4(7)3-6(9)10-5(2)8/h3H,1-2H2/q-3. The Bertz CT molecular complexity index is 71.8. The first kappa shape index (κ1) is 9.60. The molecule has 0 heterocycles. The van der Waals surface area contributed by atoms with E-state index in [1.165, 1.54) is 5.53 Å². The molecule has 0 bridgehead atoms. The molecule has 0 fully saturated rings. The third-order valence-electron chi connectivity index (χ3n) is 0.335. The summed E-state index contributed by atoms with van der Waals surface area (Å²) < 4.78 is 0. The van der Waals surface area contributed by atoms with Gasteiger partial charge in [-0.2, -0.15) is 16.2 Å². The van der Waals surface area contributed by atoms with Crippen molar-refractivity contribution < 1.29 is 4.94 Å². The molecular formula is H5N6O4-3. The van der Waals surface area contributed by atoms with Gasteiger partial charge in [0.2, 0.25) is 0 Å². The molecule has 0 aromatic heterocycles. The van der Waals surface area contributed by atoms with Gasteiger partial charge in [0.15, 0.2) is 0 Å². The predicted molar refractivity (Wildman–Crippen MR) is 28.2 cm³/mol. The summed E-state index contributed by atoms with van der Waals surface area (Å²) in [5.74, 6) is 8.63. The van der Waals surface area contributed by atoms with Gasteiger partial charge in [-0.15, -0.1) is 0 Å². The van der Waals surface area contributed by atoms with Crippen LogP contribution in [0.15, 0.2) is 0 Å². The van der Waals surface area contributed by atoms with Crippen molar-refractivity contribution in [3.8, 4) is 0 Å². The molecule has 0 atom stereocenters. The number of nitrogens with zero attached hydrogens (tertiary/aromatic N) is 3. The Balaban J connectivity index is 3.34. The van der Waals surface area contributed by atoms with E-state index in [4.69, 9.17) is 0 Å². The lowest BCUT2D eigenvalue weighted by Crippen LogP contribution is -2.50. The fraction of sp³-hybridized carbons (Fsp3) is 0. The third-order valence-corrected chi connectivity index (χ3v) is 0.335. The summed E-state index contributed by atoms with van der Waals surface area (Å²) in [5, 5.41) is 27.6. The molecule has 10 heavy (non-hydrogen) atoms. The van der Waals surface area contributed by atoms with Crippen LogP contribution in [0, 0.1) is 15.6 Å². The van der Waals surface area contributed by atoms with Crippen molar-refractivity contribution in [1.29, 1.82) is 0 Å². The van der Waals surface area contributed by atoms with Crippen molar-refractivity contribution in [1.82, 2.24) is 21.5 Å². The highest BCUT2D eigenvalue weighted by Gasteiger charge is 1.87. The normalized spacial score (nSPS) is 12.0. The molecule has 0 aromatic carbocycles. The van der Waals surface area contributed by atoms with Crippen LogP contribution in [0.1, 0.15) is 0 Å². The van der Waals surface area contributed by atoms with Crippen LogP contribution >= 0.6 is 0 Å². The Morgan fingerprint density at radius 1 is 1.20 bits per heavy atom. The summed E-state index contributed by atoms with van der Waals surface area (Å²) in [7, 11) is 0. The summed E-state index contributed by atoms with van der Waals surface area (Å²) in [6.45, 7) is 0. The van der Waals surface area contributed by atoms with Crippen molar-refractivity contribution in [2.75, 3.05) is 0 Å². The van der Waals surface area contributed by atoms with Gasteiger partial charge in [-0.25, -0.2) is 10.2 Å². The van der Waals surface area contributed by atoms with Crippen LogP contribution in [0.2, 0.25) is 0 Å². The quantitative estimate of drug-likeness (QED) is 0.289. The highest BCUT2D eigenvalue weighted by atomic mass is 17.1. The van der Waals surface area contributed by atoms with E-state index in [1.54, 1.807) is 0 Å². The Kier molecular flexibility index (Phi) is 4.24. The number of hydrogen-bond acceptors (Lipinski definition) is 10. The van der Waals surface area contributed by atoms with Gasteiger partial charge in [-0.3, -0.25) is 11.7 Å². The monoisotopic (exact) mass is 153 g/mol. The number of nitrogens with two attached hydrogens (primary N) is 2. The van der Waals surface area contributed by atoms with Crippen molar-refractivity contribution in [2.45, 2.75) is 0 Å². The molecule has 0 saturated carbocycles. The summed E-state index contributed by atoms with van der Waals surface area (Å²) in [6.07, 6.45) is 0. The van der Waals surface area contributed by atoms with Gasteiger partial charge < -0.3 is 15.6 Å². The molecule has 0 rings (SSSR count). The number of nitrogens with one attached hydrogen (secondary N) is 1. The highest BCUT2D eigenvalue weighted by molar-refractivity contribution is 4.32. The van der Waals surface area contributed by atoms with Gasteiger partial charge in [-0.1, -0.05) is 0 Å². The smallest absolute Gasteiger partial charge is 0.157 e. The molecule has 0 unspecified atom stereocenters. The molecule has 5 N–H and O–H groups in total. The minimum absolute atomic E-state index is 0.476. The highest BCUT2D eigenvalue weighted by Crippen LogP contribution is 1.81. The Morgan fingerprint density at radius 2 is 1.70 bits per heavy atom. The summed E-state index contributed by atoms with van der Waals surface area (Å²) in [6, 6.07) is 0. The maximum atomic E-state index is 10.0. The molecule has 10 nitrogen and oxygen atoms in total. The lowest BCUT2D eigenvalue weighted by Gasteiger charge is -2.37. The molecule has 0 aliphatic carbocycles. The van der Waals surface area contributed by atoms with Crippen LogP contribution in [0.3, 0.4) is 0 Å².